The summed E-state index contributed by atoms with van der Waals surface area (Å²) in [5, 5.41) is 8.82. The number of hydrogen-bond donors (Lipinski definition) is 2. The van der Waals surface area contributed by atoms with E-state index in [1.165, 1.54) is 6.42 Å². The predicted molar refractivity (Wildman–Crippen MR) is 67.7 cm³/mol. The molecule has 0 aromatic carbocycles. The summed E-state index contributed by atoms with van der Waals surface area (Å²) >= 11 is 0. The van der Waals surface area contributed by atoms with Crippen LogP contribution in [0.5, 0.6) is 0 Å². The molecule has 0 radical (unpaired) electrons. The zero-order valence-electron chi connectivity index (χ0n) is 10.9. The molecule has 1 aromatic heterocycles. The van der Waals surface area contributed by atoms with Gasteiger partial charge in [0.2, 0.25) is 0 Å². The van der Waals surface area contributed by atoms with E-state index in [1.807, 2.05) is 0 Å². The fraction of sp³-hybridized carbons (Fsp3) is 0.750. The lowest BCUT2D eigenvalue weighted by atomic mass is 9.70. The highest BCUT2D eigenvalue weighted by molar-refractivity contribution is 5.94. The molecule has 2 saturated carbocycles. The molecule has 2 aliphatic rings. The van der Waals surface area contributed by atoms with Gasteiger partial charge >= 0.3 is 11.4 Å². The lowest BCUT2D eigenvalue weighted by Gasteiger charge is -2.34. The van der Waals surface area contributed by atoms with E-state index < -0.39 is 11.4 Å². The van der Waals surface area contributed by atoms with Gasteiger partial charge in [0.1, 0.15) is 0 Å². The summed E-state index contributed by atoms with van der Waals surface area (Å²) in [7, 11) is 0. The van der Waals surface area contributed by atoms with Gasteiger partial charge in [0.05, 0.1) is 0 Å². The number of nitrogens with zero attached hydrogens (tertiary/aromatic N) is 2. The first-order valence-corrected chi connectivity index (χ1v) is 6.34. The first kappa shape index (κ1) is 11.5. The van der Waals surface area contributed by atoms with E-state index in [2.05, 4.69) is 36.1 Å². The maximum absolute atomic E-state index is 11.5. The molecule has 0 amide bonds. The second-order valence-corrected chi connectivity index (χ2v) is 6.21. The van der Waals surface area contributed by atoms with Crippen LogP contribution in [0.2, 0.25) is 0 Å². The first-order valence-electron chi connectivity index (χ1n) is 6.34. The van der Waals surface area contributed by atoms with E-state index in [1.54, 1.807) is 0 Å². The second-order valence-electron chi connectivity index (χ2n) is 6.21. The smallest absolute Gasteiger partial charge is 0.246 e. The third-order valence-corrected chi connectivity index (χ3v) is 5.39. The molecule has 18 heavy (non-hydrogen) atoms. The molecule has 0 aliphatic heterocycles. The Morgan fingerprint density at radius 3 is 2.28 bits per heavy atom. The summed E-state index contributed by atoms with van der Waals surface area (Å²) in [6.45, 7) is 6.72. The Morgan fingerprint density at radius 1 is 1.22 bits per heavy atom. The molecule has 2 fully saturated rings. The highest BCUT2D eigenvalue weighted by atomic mass is 16.2. The molecule has 6 heteroatoms. The summed E-state index contributed by atoms with van der Waals surface area (Å²) in [5.41, 5.74) is 0.170. The van der Waals surface area contributed by atoms with Gasteiger partial charge in [-0.25, -0.2) is 19.8 Å². The van der Waals surface area contributed by atoms with Gasteiger partial charge < -0.3 is 0 Å². The Balaban J connectivity index is 2.11. The third-order valence-electron chi connectivity index (χ3n) is 5.39. The second kappa shape index (κ2) is 3.24. The van der Waals surface area contributed by atoms with Gasteiger partial charge in [-0.1, -0.05) is 20.8 Å². The molecule has 3 rings (SSSR count). The standard InChI is InChI=1S/C12H18N4O2/c1-11(2)7-4-5-12(11,3)8(6-7)15-16-9(17)13-14-10(16)18/h7H,4-6H2,1-3H3,(H,13,17)(H,14,18)/b15-8+/t7-,12-/m0/s1. The molecular formula is C12H18N4O2. The molecule has 1 aromatic rings. The van der Waals surface area contributed by atoms with Crippen LogP contribution in [0.25, 0.3) is 0 Å². The third kappa shape index (κ3) is 1.20. The summed E-state index contributed by atoms with van der Waals surface area (Å²) < 4.78 is 0.900. The number of H-pyrrole nitrogens is 2. The number of aromatic nitrogens is 3. The van der Waals surface area contributed by atoms with Crippen molar-refractivity contribution in [1.29, 1.82) is 0 Å². The molecular weight excluding hydrogens is 232 g/mol. The van der Waals surface area contributed by atoms with Crippen LogP contribution < -0.4 is 11.4 Å². The van der Waals surface area contributed by atoms with Gasteiger partial charge in [-0.15, -0.1) is 4.68 Å². The number of aromatic amines is 2. The van der Waals surface area contributed by atoms with Gasteiger partial charge in [0, 0.05) is 11.1 Å². The number of rotatable bonds is 1. The van der Waals surface area contributed by atoms with Crippen molar-refractivity contribution in [3.05, 3.63) is 21.0 Å². The Kier molecular flexibility index (Phi) is 2.07. The van der Waals surface area contributed by atoms with Crippen molar-refractivity contribution in [3.63, 3.8) is 0 Å². The summed E-state index contributed by atoms with van der Waals surface area (Å²) in [5.74, 6) is 0.606. The lowest BCUT2D eigenvalue weighted by molar-refractivity contribution is 0.193. The average molecular weight is 250 g/mol. The molecule has 0 saturated heterocycles. The van der Waals surface area contributed by atoms with Crippen LogP contribution in [0, 0.1) is 16.7 Å². The molecule has 98 valence electrons. The van der Waals surface area contributed by atoms with Gasteiger partial charge in [0.25, 0.3) is 0 Å². The predicted octanol–water partition coefficient (Wildman–Crippen LogP) is 0.915. The minimum atomic E-state index is -0.503. The maximum atomic E-state index is 11.5. The van der Waals surface area contributed by atoms with Crippen LogP contribution in [-0.2, 0) is 0 Å². The van der Waals surface area contributed by atoms with E-state index in [4.69, 9.17) is 0 Å². The normalized spacial score (nSPS) is 35.5. The van der Waals surface area contributed by atoms with Crippen molar-refractivity contribution in [1.82, 2.24) is 14.9 Å². The fourth-order valence-electron chi connectivity index (χ4n) is 3.60. The minimum absolute atomic E-state index is 0.000810. The minimum Gasteiger partial charge on any atom is -0.246 e. The Morgan fingerprint density at radius 2 is 1.83 bits per heavy atom. The van der Waals surface area contributed by atoms with Crippen LogP contribution in [0.15, 0.2) is 14.7 Å². The Hall–Kier alpha value is -1.59. The maximum Gasteiger partial charge on any atom is 0.365 e. The summed E-state index contributed by atoms with van der Waals surface area (Å²) in [6, 6.07) is 0. The largest absolute Gasteiger partial charge is 0.365 e. The number of hydrogen-bond acceptors (Lipinski definition) is 3. The highest BCUT2D eigenvalue weighted by Gasteiger charge is 2.60. The van der Waals surface area contributed by atoms with Crippen molar-refractivity contribution in [2.45, 2.75) is 40.0 Å². The van der Waals surface area contributed by atoms with Crippen molar-refractivity contribution >= 4 is 5.71 Å². The van der Waals surface area contributed by atoms with E-state index in [0.29, 0.717) is 5.92 Å². The topological polar surface area (TPSA) is 83.0 Å². The zero-order chi connectivity index (χ0) is 13.1. The van der Waals surface area contributed by atoms with Crippen molar-refractivity contribution in [2.24, 2.45) is 21.8 Å². The SMILES string of the molecule is CC1(C)[C@H]2CC[C@@]1(C)/C(=N/n1c(=O)[nH][nH]c1=O)C2. The molecule has 0 spiro atoms. The van der Waals surface area contributed by atoms with Crippen molar-refractivity contribution in [3.8, 4) is 0 Å². The van der Waals surface area contributed by atoms with Gasteiger partial charge in [-0.05, 0) is 30.6 Å². The number of nitrogens with one attached hydrogen (secondary N) is 2. The molecule has 1 heterocycles. The monoisotopic (exact) mass is 250 g/mol. The van der Waals surface area contributed by atoms with E-state index in [9.17, 15) is 9.59 Å². The fourth-order valence-corrected chi connectivity index (χ4v) is 3.60. The van der Waals surface area contributed by atoms with Gasteiger partial charge in [0.15, 0.2) is 0 Å². The number of fused-ring (bicyclic) bond motifs is 2. The molecule has 2 N–H and O–H groups in total. The van der Waals surface area contributed by atoms with E-state index >= 15 is 0 Å². The molecule has 6 nitrogen and oxygen atoms in total. The average Bonchev–Trinajstić information content (AvgIpc) is 2.79. The van der Waals surface area contributed by atoms with Crippen molar-refractivity contribution in [2.75, 3.05) is 0 Å². The lowest BCUT2D eigenvalue weighted by Crippen LogP contribution is -2.34. The van der Waals surface area contributed by atoms with E-state index in [-0.39, 0.29) is 10.8 Å². The summed E-state index contributed by atoms with van der Waals surface area (Å²) in [6.07, 6.45) is 3.18. The van der Waals surface area contributed by atoms with Gasteiger partial charge in [-0.3, -0.25) is 0 Å². The van der Waals surface area contributed by atoms with Crippen LogP contribution in [0.1, 0.15) is 40.0 Å². The van der Waals surface area contributed by atoms with Crippen LogP contribution in [0.4, 0.5) is 0 Å². The Bertz CT molecular complexity index is 605. The molecule has 2 aliphatic carbocycles. The van der Waals surface area contributed by atoms with Crippen LogP contribution >= 0.6 is 0 Å². The molecule has 0 unspecified atom stereocenters. The first-order chi connectivity index (χ1) is 8.36. The Labute approximate surface area is 104 Å². The quantitative estimate of drug-likeness (QED) is 0.776. The van der Waals surface area contributed by atoms with Crippen LogP contribution in [-0.4, -0.2) is 20.6 Å². The zero-order valence-corrected chi connectivity index (χ0v) is 10.9. The van der Waals surface area contributed by atoms with E-state index in [0.717, 1.165) is 23.2 Å². The summed E-state index contributed by atoms with van der Waals surface area (Å²) in [4.78, 5) is 22.9. The van der Waals surface area contributed by atoms with Gasteiger partial charge in [-0.2, -0.15) is 5.10 Å². The molecule has 2 atom stereocenters. The van der Waals surface area contributed by atoms with Crippen LogP contribution in [0.3, 0.4) is 0 Å². The van der Waals surface area contributed by atoms with Crippen molar-refractivity contribution < 1.29 is 0 Å². The highest BCUT2D eigenvalue weighted by Crippen LogP contribution is 2.63. The molecule has 2 bridgehead atoms.